The van der Waals surface area contributed by atoms with Gasteiger partial charge in [0.1, 0.15) is 0 Å². The lowest BCUT2D eigenvalue weighted by atomic mass is 10.2. The Labute approximate surface area is 97.6 Å². The average molecular weight is 240 g/mol. The first kappa shape index (κ1) is 12.9. The molecule has 0 saturated carbocycles. The number of anilines is 1. The summed E-state index contributed by atoms with van der Waals surface area (Å²) in [6, 6.07) is 1.25. The Kier molecular flexibility index (Phi) is 4.38. The zero-order valence-electron chi connectivity index (χ0n) is 9.50. The highest BCUT2D eigenvalue weighted by Crippen LogP contribution is 2.13. The van der Waals surface area contributed by atoms with Gasteiger partial charge in [-0.2, -0.15) is 0 Å². The molecule has 92 valence electrons. The van der Waals surface area contributed by atoms with Crippen molar-refractivity contribution in [2.75, 3.05) is 26.0 Å². The van der Waals surface area contributed by atoms with Crippen LogP contribution in [0.3, 0.4) is 0 Å². The summed E-state index contributed by atoms with van der Waals surface area (Å²) in [6.07, 6.45) is 1.31. The van der Waals surface area contributed by atoms with Crippen molar-refractivity contribution >= 4 is 17.6 Å². The third-order valence-electron chi connectivity index (χ3n) is 2.06. The van der Waals surface area contributed by atoms with Gasteiger partial charge < -0.3 is 16.0 Å². The molecule has 6 nitrogen and oxygen atoms in total. The molecule has 0 aliphatic heterocycles. The maximum Gasteiger partial charge on any atom is 0.254 e. The van der Waals surface area contributed by atoms with Gasteiger partial charge in [0.15, 0.2) is 11.6 Å². The Morgan fingerprint density at radius 1 is 1.41 bits per heavy atom. The number of hydrogen-bond donors (Lipinski definition) is 3. The summed E-state index contributed by atoms with van der Waals surface area (Å²) in [6.45, 7) is -0.202. The smallest absolute Gasteiger partial charge is 0.254 e. The van der Waals surface area contributed by atoms with Crippen LogP contribution in [0, 0.1) is 5.82 Å². The summed E-state index contributed by atoms with van der Waals surface area (Å²) in [5.41, 5.74) is -0.159. The van der Waals surface area contributed by atoms with Gasteiger partial charge in [0.05, 0.1) is 12.1 Å². The third kappa shape index (κ3) is 3.13. The van der Waals surface area contributed by atoms with E-state index in [2.05, 4.69) is 20.9 Å². The predicted octanol–water partition coefficient (Wildman–Crippen LogP) is -0.262. The molecule has 0 radical (unpaired) electrons. The first-order valence-electron chi connectivity index (χ1n) is 4.91. The quantitative estimate of drug-likeness (QED) is 0.677. The van der Waals surface area contributed by atoms with Gasteiger partial charge in [-0.3, -0.25) is 9.59 Å². The highest BCUT2D eigenvalue weighted by molar-refractivity contribution is 5.97. The van der Waals surface area contributed by atoms with Crippen LogP contribution in [0.5, 0.6) is 0 Å². The Morgan fingerprint density at radius 3 is 2.71 bits per heavy atom. The molecule has 0 spiro atoms. The molecule has 17 heavy (non-hydrogen) atoms. The molecular weight excluding hydrogens is 227 g/mol. The van der Waals surface area contributed by atoms with Crippen molar-refractivity contribution < 1.29 is 14.0 Å². The minimum atomic E-state index is -0.746. The number of rotatable bonds is 4. The zero-order valence-corrected chi connectivity index (χ0v) is 9.50. The van der Waals surface area contributed by atoms with E-state index in [0.29, 0.717) is 0 Å². The number of likely N-dealkylation sites (N-methyl/N-ethyl adjacent to an activating group) is 1. The molecule has 1 aromatic heterocycles. The first-order chi connectivity index (χ1) is 8.10. The second kappa shape index (κ2) is 5.78. The van der Waals surface area contributed by atoms with Crippen molar-refractivity contribution in [2.24, 2.45) is 0 Å². The second-order valence-corrected chi connectivity index (χ2v) is 3.13. The molecular formula is C10H13FN4O2. The van der Waals surface area contributed by atoms with E-state index < -0.39 is 11.7 Å². The Hall–Kier alpha value is -2.18. The summed E-state index contributed by atoms with van der Waals surface area (Å²) < 4.78 is 13.6. The van der Waals surface area contributed by atoms with Gasteiger partial charge >= 0.3 is 0 Å². The van der Waals surface area contributed by atoms with E-state index in [4.69, 9.17) is 0 Å². The number of carbonyl (C=O) groups is 2. The molecule has 0 saturated heterocycles. The summed E-state index contributed by atoms with van der Waals surface area (Å²) in [5.74, 6) is -1.78. The van der Waals surface area contributed by atoms with Crippen LogP contribution in [0.25, 0.3) is 0 Å². The number of aromatic nitrogens is 1. The van der Waals surface area contributed by atoms with E-state index in [9.17, 15) is 14.0 Å². The lowest BCUT2D eigenvalue weighted by Crippen LogP contribution is -2.35. The van der Waals surface area contributed by atoms with Crippen molar-refractivity contribution in [2.45, 2.75) is 0 Å². The van der Waals surface area contributed by atoms with Crippen LogP contribution in [0.15, 0.2) is 12.3 Å². The molecule has 0 aliphatic rings. The van der Waals surface area contributed by atoms with E-state index in [1.165, 1.54) is 26.4 Å². The van der Waals surface area contributed by atoms with Gasteiger partial charge in [-0.1, -0.05) is 0 Å². The lowest BCUT2D eigenvalue weighted by molar-refractivity contribution is -0.119. The molecule has 0 fully saturated rings. The average Bonchev–Trinajstić information content (AvgIpc) is 2.35. The fourth-order valence-corrected chi connectivity index (χ4v) is 1.14. The van der Waals surface area contributed by atoms with Crippen LogP contribution in [0.1, 0.15) is 10.4 Å². The molecule has 3 N–H and O–H groups in total. The van der Waals surface area contributed by atoms with E-state index in [-0.39, 0.29) is 23.8 Å². The minimum Gasteiger partial charge on any atom is -0.371 e. The summed E-state index contributed by atoms with van der Waals surface area (Å²) in [4.78, 5) is 26.2. The zero-order chi connectivity index (χ0) is 12.8. The normalized spacial score (nSPS) is 9.59. The topological polar surface area (TPSA) is 83.1 Å². The van der Waals surface area contributed by atoms with Gasteiger partial charge in [-0.05, 0) is 6.07 Å². The highest BCUT2D eigenvalue weighted by Gasteiger charge is 2.15. The van der Waals surface area contributed by atoms with Gasteiger partial charge in [0, 0.05) is 20.3 Å². The number of halogens is 1. The number of amides is 2. The number of nitrogens with zero attached hydrogens (tertiary/aromatic N) is 1. The van der Waals surface area contributed by atoms with Crippen LogP contribution >= 0.6 is 0 Å². The first-order valence-corrected chi connectivity index (χ1v) is 4.91. The minimum absolute atomic E-state index is 0.0161. The van der Waals surface area contributed by atoms with Crippen molar-refractivity contribution in [1.29, 1.82) is 0 Å². The van der Waals surface area contributed by atoms with Crippen LogP contribution in [-0.2, 0) is 4.79 Å². The highest BCUT2D eigenvalue weighted by atomic mass is 19.1. The molecule has 0 atom stereocenters. The maximum atomic E-state index is 13.6. The van der Waals surface area contributed by atoms with Crippen molar-refractivity contribution in [3.63, 3.8) is 0 Å². The molecule has 1 heterocycles. The summed E-state index contributed by atoms with van der Waals surface area (Å²) in [5, 5.41) is 7.15. The number of carbonyl (C=O) groups excluding carboxylic acids is 2. The van der Waals surface area contributed by atoms with Crippen molar-refractivity contribution in [1.82, 2.24) is 15.6 Å². The Bertz CT molecular complexity index is 436. The molecule has 1 rings (SSSR count). The lowest BCUT2D eigenvalue weighted by Gasteiger charge is -2.07. The number of pyridine rings is 1. The number of nitrogens with one attached hydrogen (secondary N) is 3. The van der Waals surface area contributed by atoms with Gasteiger partial charge in [-0.25, -0.2) is 9.37 Å². The Morgan fingerprint density at radius 2 is 2.12 bits per heavy atom. The van der Waals surface area contributed by atoms with E-state index in [1.807, 2.05) is 0 Å². The van der Waals surface area contributed by atoms with E-state index in [0.717, 1.165) is 0 Å². The van der Waals surface area contributed by atoms with E-state index >= 15 is 0 Å². The van der Waals surface area contributed by atoms with Crippen LogP contribution < -0.4 is 16.0 Å². The number of hydrogen-bond acceptors (Lipinski definition) is 4. The molecule has 1 aromatic rings. The summed E-state index contributed by atoms with van der Waals surface area (Å²) in [7, 11) is 2.94. The van der Waals surface area contributed by atoms with Gasteiger partial charge in [0.25, 0.3) is 5.91 Å². The molecule has 2 amide bonds. The molecule has 0 bridgehead atoms. The largest absolute Gasteiger partial charge is 0.371 e. The summed E-state index contributed by atoms with van der Waals surface area (Å²) >= 11 is 0. The van der Waals surface area contributed by atoms with Crippen molar-refractivity contribution in [3.05, 3.63) is 23.6 Å². The molecule has 0 aromatic carbocycles. The van der Waals surface area contributed by atoms with E-state index in [1.54, 1.807) is 0 Å². The van der Waals surface area contributed by atoms with Crippen LogP contribution in [0.4, 0.5) is 10.2 Å². The van der Waals surface area contributed by atoms with Crippen molar-refractivity contribution in [3.8, 4) is 0 Å². The van der Waals surface area contributed by atoms with Crippen LogP contribution in [-0.4, -0.2) is 37.4 Å². The van der Waals surface area contributed by atoms with Crippen LogP contribution in [0.2, 0.25) is 0 Å². The SMILES string of the molecule is CNC(=O)CNC(=O)c1ccnc(NC)c1F. The van der Waals surface area contributed by atoms with Gasteiger partial charge in [-0.15, -0.1) is 0 Å². The second-order valence-electron chi connectivity index (χ2n) is 3.13. The predicted molar refractivity (Wildman–Crippen MR) is 60.1 cm³/mol. The fraction of sp³-hybridized carbons (Fsp3) is 0.300. The standard InChI is InChI=1S/C10H13FN4O2/c1-12-7(16)5-15-10(17)6-3-4-14-9(13-2)8(6)11/h3-4H,5H2,1-2H3,(H,12,16)(H,13,14)(H,15,17). The fourth-order valence-electron chi connectivity index (χ4n) is 1.14. The maximum absolute atomic E-state index is 13.6. The third-order valence-corrected chi connectivity index (χ3v) is 2.06. The Balaban J connectivity index is 2.79. The molecule has 0 unspecified atom stereocenters. The monoisotopic (exact) mass is 240 g/mol. The molecule has 0 aliphatic carbocycles. The molecule has 7 heteroatoms. The van der Waals surface area contributed by atoms with Gasteiger partial charge in [0.2, 0.25) is 5.91 Å².